The van der Waals surface area contributed by atoms with Crippen molar-refractivity contribution in [2.45, 2.75) is 32.5 Å². The molecule has 0 aliphatic rings. The maximum Gasteiger partial charge on any atom is 0.334 e. The molecule has 4 N–H and O–H groups in total. The van der Waals surface area contributed by atoms with Crippen molar-refractivity contribution in [2.24, 2.45) is 5.73 Å². The maximum absolute atomic E-state index is 11.3. The van der Waals surface area contributed by atoms with E-state index in [0.29, 0.717) is 0 Å². The molecule has 0 radical (unpaired) electrons. The van der Waals surface area contributed by atoms with Gasteiger partial charge < -0.3 is 14.9 Å². The Hall–Kier alpha value is -1.93. The predicted octanol–water partition coefficient (Wildman–Crippen LogP) is -0.360. The van der Waals surface area contributed by atoms with E-state index in [1.807, 2.05) is 0 Å². The van der Waals surface area contributed by atoms with Gasteiger partial charge in [-0.15, -0.1) is 0 Å². The normalized spacial score (nSPS) is 13.6. The van der Waals surface area contributed by atoms with Gasteiger partial charge in [-0.1, -0.05) is 13.5 Å². The van der Waals surface area contributed by atoms with E-state index in [2.05, 4.69) is 6.58 Å². The molecule has 0 spiro atoms. The quantitative estimate of drug-likeness (QED) is 0.298. The van der Waals surface area contributed by atoms with Gasteiger partial charge in [0.1, 0.15) is 6.04 Å². The number of hydrogen-bond acceptors (Lipinski definition) is 6. The number of ether oxygens (including phenoxy) is 1. The van der Waals surface area contributed by atoms with Crippen LogP contribution in [0.15, 0.2) is 12.2 Å². The number of nitrogens with zero attached hydrogens (tertiary/aromatic N) is 1. The molecule has 114 valence electrons. The highest BCUT2D eigenvalue weighted by atomic mass is 16.6. The number of carbonyl (C=O) groups is 3. The topological polar surface area (TPSA) is 130 Å². The van der Waals surface area contributed by atoms with Gasteiger partial charge in [0.05, 0.1) is 6.42 Å². The first kappa shape index (κ1) is 18.1. The van der Waals surface area contributed by atoms with E-state index in [1.165, 1.54) is 11.8 Å². The minimum atomic E-state index is -1.27. The molecule has 0 bridgehead atoms. The number of likely N-dealkylation sites (N-methyl/N-ethyl adjacent to an activating group) is 1. The van der Waals surface area contributed by atoms with Crippen LogP contribution in [-0.2, 0) is 19.1 Å². The number of carbonyl (C=O) groups excluding carboxylic acids is 1. The van der Waals surface area contributed by atoms with Crippen LogP contribution in [0.4, 0.5) is 0 Å². The number of aliphatic carboxylic acids is 2. The number of nitrogens with two attached hydrogens (primary N) is 1. The molecule has 0 aromatic heterocycles. The molecule has 0 aliphatic carbocycles. The maximum atomic E-state index is 11.3. The van der Waals surface area contributed by atoms with Crippen molar-refractivity contribution in [3.05, 3.63) is 12.2 Å². The summed E-state index contributed by atoms with van der Waals surface area (Å²) >= 11 is 0. The molecule has 8 heteroatoms. The molecule has 0 fully saturated rings. The summed E-state index contributed by atoms with van der Waals surface area (Å²) in [7, 11) is 0. The van der Waals surface area contributed by atoms with Crippen LogP contribution >= 0.6 is 0 Å². The molecule has 0 saturated carbocycles. The van der Waals surface area contributed by atoms with Crippen molar-refractivity contribution in [3.63, 3.8) is 0 Å². The summed E-state index contributed by atoms with van der Waals surface area (Å²) in [5.74, 6) is -3.19. The second-order valence-corrected chi connectivity index (χ2v) is 4.26. The Morgan fingerprint density at radius 2 is 1.90 bits per heavy atom. The summed E-state index contributed by atoms with van der Waals surface area (Å²) in [6.07, 6.45) is -1.63. The molecule has 0 aromatic carbocycles. The lowest BCUT2D eigenvalue weighted by Crippen LogP contribution is -2.49. The smallest absolute Gasteiger partial charge is 0.334 e. The Bertz CT molecular complexity index is 395. The fraction of sp³-hybridized carbons (Fsp3) is 0.583. The van der Waals surface area contributed by atoms with E-state index in [9.17, 15) is 14.4 Å². The van der Waals surface area contributed by atoms with Crippen molar-refractivity contribution >= 4 is 17.9 Å². The largest absolute Gasteiger partial charge is 0.481 e. The van der Waals surface area contributed by atoms with Crippen molar-refractivity contribution in [1.29, 1.82) is 0 Å². The third kappa shape index (κ3) is 6.30. The van der Waals surface area contributed by atoms with Gasteiger partial charge >= 0.3 is 17.9 Å². The first-order valence-corrected chi connectivity index (χ1v) is 5.99. The van der Waals surface area contributed by atoms with Gasteiger partial charge in [-0.3, -0.25) is 20.2 Å². The molecule has 0 amide bonds. The summed E-state index contributed by atoms with van der Waals surface area (Å²) in [4.78, 5) is 34.3. The predicted molar refractivity (Wildman–Crippen MR) is 69.8 cm³/mol. The SMILES string of the molecule is C=C(C)C(=O)OC(N)CN(CC)C(CC(=O)O)C(=O)O. The molecule has 0 rings (SSSR count). The first-order valence-electron chi connectivity index (χ1n) is 5.99. The van der Waals surface area contributed by atoms with Crippen molar-refractivity contribution in [1.82, 2.24) is 4.90 Å². The van der Waals surface area contributed by atoms with Crippen LogP contribution in [-0.4, -0.2) is 58.4 Å². The van der Waals surface area contributed by atoms with Crippen LogP contribution in [0.1, 0.15) is 20.3 Å². The molecule has 2 unspecified atom stereocenters. The molecule has 8 nitrogen and oxygen atoms in total. The van der Waals surface area contributed by atoms with E-state index < -0.39 is 36.6 Å². The van der Waals surface area contributed by atoms with E-state index >= 15 is 0 Å². The van der Waals surface area contributed by atoms with Crippen LogP contribution in [0.25, 0.3) is 0 Å². The summed E-state index contributed by atoms with van der Waals surface area (Å²) in [5.41, 5.74) is 5.76. The van der Waals surface area contributed by atoms with Crippen LogP contribution in [0.2, 0.25) is 0 Å². The molecule has 20 heavy (non-hydrogen) atoms. The first-order chi connectivity index (χ1) is 9.18. The van der Waals surface area contributed by atoms with Gasteiger partial charge in [-0.05, 0) is 13.5 Å². The number of hydrogen-bond donors (Lipinski definition) is 3. The third-order valence-electron chi connectivity index (χ3n) is 2.52. The van der Waals surface area contributed by atoms with Crippen LogP contribution in [0.5, 0.6) is 0 Å². The van der Waals surface area contributed by atoms with Crippen molar-refractivity contribution in [2.75, 3.05) is 13.1 Å². The van der Waals surface area contributed by atoms with Gasteiger partial charge in [0.2, 0.25) is 0 Å². The highest BCUT2D eigenvalue weighted by molar-refractivity contribution is 5.87. The lowest BCUT2D eigenvalue weighted by Gasteiger charge is -2.28. The fourth-order valence-electron chi connectivity index (χ4n) is 1.52. The summed E-state index contributed by atoms with van der Waals surface area (Å²) in [6, 6.07) is -1.23. The summed E-state index contributed by atoms with van der Waals surface area (Å²) in [5, 5.41) is 17.8. The Morgan fingerprint density at radius 3 is 2.25 bits per heavy atom. The highest BCUT2D eigenvalue weighted by Gasteiger charge is 2.29. The Morgan fingerprint density at radius 1 is 1.35 bits per heavy atom. The number of carboxylic acid groups (broad SMARTS) is 2. The van der Waals surface area contributed by atoms with E-state index in [0.717, 1.165) is 0 Å². The molecule has 0 aromatic rings. The van der Waals surface area contributed by atoms with E-state index in [1.54, 1.807) is 6.92 Å². The summed E-state index contributed by atoms with van der Waals surface area (Å²) in [6.45, 7) is 6.68. The lowest BCUT2D eigenvalue weighted by molar-refractivity contribution is -0.152. The number of carboxylic acids is 2. The van der Waals surface area contributed by atoms with Crippen LogP contribution in [0, 0.1) is 0 Å². The highest BCUT2D eigenvalue weighted by Crippen LogP contribution is 2.07. The Kier molecular flexibility index (Phi) is 7.48. The average molecular weight is 288 g/mol. The minimum Gasteiger partial charge on any atom is -0.481 e. The summed E-state index contributed by atoms with van der Waals surface area (Å²) < 4.78 is 4.84. The monoisotopic (exact) mass is 288 g/mol. The molecular weight excluding hydrogens is 268 g/mol. The zero-order valence-electron chi connectivity index (χ0n) is 11.5. The fourth-order valence-corrected chi connectivity index (χ4v) is 1.52. The van der Waals surface area contributed by atoms with Crippen molar-refractivity contribution < 1.29 is 29.3 Å². The van der Waals surface area contributed by atoms with Gasteiger partial charge in [0.25, 0.3) is 0 Å². The zero-order chi connectivity index (χ0) is 15.9. The molecule has 2 atom stereocenters. The second-order valence-electron chi connectivity index (χ2n) is 4.26. The van der Waals surface area contributed by atoms with Gasteiger partial charge in [0.15, 0.2) is 6.23 Å². The van der Waals surface area contributed by atoms with Crippen molar-refractivity contribution in [3.8, 4) is 0 Å². The van der Waals surface area contributed by atoms with Crippen LogP contribution in [0.3, 0.4) is 0 Å². The van der Waals surface area contributed by atoms with Gasteiger partial charge in [-0.2, -0.15) is 0 Å². The molecule has 0 aliphatic heterocycles. The van der Waals surface area contributed by atoms with Crippen LogP contribution < -0.4 is 5.73 Å². The lowest BCUT2D eigenvalue weighted by atomic mass is 10.1. The van der Waals surface area contributed by atoms with Gasteiger partial charge in [0, 0.05) is 12.1 Å². The molecule has 0 saturated heterocycles. The van der Waals surface area contributed by atoms with Gasteiger partial charge in [-0.25, -0.2) is 4.79 Å². The second kappa shape index (κ2) is 8.28. The molecular formula is C12H20N2O6. The van der Waals surface area contributed by atoms with E-state index in [-0.39, 0.29) is 18.7 Å². The standard InChI is InChI=1S/C12H20N2O6/c1-4-14(8(11(17)18)5-10(15)16)6-9(13)20-12(19)7(2)3/h8-9H,2,4-6,13H2,1,3H3,(H,15,16)(H,17,18). The number of rotatable bonds is 9. The average Bonchev–Trinajstić information content (AvgIpc) is 2.32. The minimum absolute atomic E-state index is 0.0836. The number of esters is 1. The zero-order valence-corrected chi connectivity index (χ0v) is 11.5. The third-order valence-corrected chi connectivity index (χ3v) is 2.52. The van der Waals surface area contributed by atoms with E-state index in [4.69, 9.17) is 20.7 Å². The Balaban J connectivity index is 4.72. The molecule has 0 heterocycles. The Labute approximate surface area is 116 Å².